The van der Waals surface area contributed by atoms with E-state index in [0.29, 0.717) is 19.5 Å². The highest BCUT2D eigenvalue weighted by atomic mass is 19.3. The van der Waals surface area contributed by atoms with Crippen molar-refractivity contribution in [2.24, 2.45) is 11.3 Å². The van der Waals surface area contributed by atoms with Crippen LogP contribution >= 0.6 is 0 Å². The summed E-state index contributed by atoms with van der Waals surface area (Å²) in [6.07, 6.45) is 3.11. The Morgan fingerprint density at radius 1 is 1.55 bits per heavy atom. The van der Waals surface area contributed by atoms with Gasteiger partial charge in [-0.25, -0.2) is 4.98 Å². The van der Waals surface area contributed by atoms with Gasteiger partial charge in [-0.2, -0.15) is 8.78 Å². The highest BCUT2D eigenvalue weighted by Crippen LogP contribution is 2.38. The Kier molecular flexibility index (Phi) is 4.08. The molecule has 2 rings (SSSR count). The SMILES string of the molecule is CC(C)C1(C(=O)O)CCN(Cc2nccn2C(F)F)C1. The van der Waals surface area contributed by atoms with Crippen LogP contribution in [0.25, 0.3) is 0 Å². The molecule has 2 heterocycles. The standard InChI is InChI=1S/C13H19F2N3O2/c1-9(2)13(11(19)20)3-5-17(8-13)7-10-16-4-6-18(10)12(14)15/h4,6,9,12H,3,5,7-8H2,1-2H3,(H,19,20). The summed E-state index contributed by atoms with van der Waals surface area (Å²) >= 11 is 0. The number of hydrogen-bond acceptors (Lipinski definition) is 3. The third kappa shape index (κ3) is 2.54. The summed E-state index contributed by atoms with van der Waals surface area (Å²) in [6, 6.07) is 0. The van der Waals surface area contributed by atoms with E-state index in [1.54, 1.807) is 0 Å². The summed E-state index contributed by atoms with van der Waals surface area (Å²) in [7, 11) is 0. The number of imidazole rings is 1. The van der Waals surface area contributed by atoms with Crippen LogP contribution in [0.3, 0.4) is 0 Å². The smallest absolute Gasteiger partial charge is 0.319 e. The van der Waals surface area contributed by atoms with Crippen molar-refractivity contribution in [2.45, 2.75) is 33.4 Å². The molecular weight excluding hydrogens is 268 g/mol. The van der Waals surface area contributed by atoms with Crippen LogP contribution in [-0.4, -0.2) is 38.6 Å². The van der Waals surface area contributed by atoms with Gasteiger partial charge in [0.2, 0.25) is 0 Å². The van der Waals surface area contributed by atoms with Crippen molar-refractivity contribution in [1.82, 2.24) is 14.5 Å². The van der Waals surface area contributed by atoms with Gasteiger partial charge in [-0.15, -0.1) is 0 Å². The average molecular weight is 287 g/mol. The second-order valence-electron chi connectivity index (χ2n) is 5.61. The zero-order valence-electron chi connectivity index (χ0n) is 11.6. The first-order valence-electron chi connectivity index (χ1n) is 6.62. The monoisotopic (exact) mass is 287 g/mol. The number of aliphatic carboxylic acids is 1. The first-order valence-corrected chi connectivity index (χ1v) is 6.62. The summed E-state index contributed by atoms with van der Waals surface area (Å²) in [6.45, 7) is 2.36. The van der Waals surface area contributed by atoms with E-state index >= 15 is 0 Å². The van der Waals surface area contributed by atoms with E-state index in [-0.39, 0.29) is 18.3 Å². The van der Waals surface area contributed by atoms with Crippen LogP contribution in [0.2, 0.25) is 0 Å². The van der Waals surface area contributed by atoms with E-state index in [9.17, 15) is 18.7 Å². The maximum Gasteiger partial charge on any atom is 0.319 e. The van der Waals surface area contributed by atoms with Crippen LogP contribution in [0.5, 0.6) is 0 Å². The number of halogens is 2. The normalized spacial score (nSPS) is 23.9. The molecule has 20 heavy (non-hydrogen) atoms. The first kappa shape index (κ1) is 14.9. The topological polar surface area (TPSA) is 58.4 Å². The molecule has 0 saturated carbocycles. The maximum absolute atomic E-state index is 12.8. The third-order valence-corrected chi connectivity index (χ3v) is 4.24. The molecule has 1 aromatic rings. The van der Waals surface area contributed by atoms with Gasteiger partial charge in [0.05, 0.1) is 12.0 Å². The highest BCUT2D eigenvalue weighted by molar-refractivity contribution is 5.75. The number of alkyl halides is 2. The largest absolute Gasteiger partial charge is 0.481 e. The van der Waals surface area contributed by atoms with Crippen LogP contribution in [0, 0.1) is 11.3 Å². The second-order valence-corrected chi connectivity index (χ2v) is 5.61. The lowest BCUT2D eigenvalue weighted by molar-refractivity contribution is -0.151. The van der Waals surface area contributed by atoms with Gasteiger partial charge >= 0.3 is 12.5 Å². The Labute approximate surface area is 116 Å². The van der Waals surface area contributed by atoms with E-state index in [0.717, 1.165) is 4.57 Å². The van der Waals surface area contributed by atoms with Gasteiger partial charge < -0.3 is 5.11 Å². The number of carbonyl (C=O) groups is 1. The number of rotatable bonds is 5. The van der Waals surface area contributed by atoms with Crippen molar-refractivity contribution in [2.75, 3.05) is 13.1 Å². The molecule has 0 aromatic carbocycles. The molecule has 0 radical (unpaired) electrons. The Morgan fingerprint density at radius 3 is 2.75 bits per heavy atom. The number of aromatic nitrogens is 2. The van der Waals surface area contributed by atoms with Gasteiger partial charge in [-0.3, -0.25) is 14.3 Å². The summed E-state index contributed by atoms with van der Waals surface area (Å²) < 4.78 is 26.3. The fraction of sp³-hybridized carbons (Fsp3) is 0.692. The quantitative estimate of drug-likeness (QED) is 0.902. The Morgan fingerprint density at radius 2 is 2.25 bits per heavy atom. The Hall–Kier alpha value is -1.50. The second kappa shape index (κ2) is 5.47. The summed E-state index contributed by atoms with van der Waals surface area (Å²) in [5.41, 5.74) is -0.789. The van der Waals surface area contributed by atoms with Crippen LogP contribution in [0.4, 0.5) is 8.78 Å². The van der Waals surface area contributed by atoms with Crippen LogP contribution < -0.4 is 0 Å². The number of carboxylic acid groups (broad SMARTS) is 1. The van der Waals surface area contributed by atoms with Gasteiger partial charge in [-0.05, 0) is 18.9 Å². The molecule has 112 valence electrons. The highest BCUT2D eigenvalue weighted by Gasteiger charge is 2.47. The minimum Gasteiger partial charge on any atom is -0.481 e. The predicted molar refractivity (Wildman–Crippen MR) is 68.3 cm³/mol. The van der Waals surface area contributed by atoms with E-state index in [4.69, 9.17) is 0 Å². The van der Waals surface area contributed by atoms with Crippen molar-refractivity contribution in [3.63, 3.8) is 0 Å². The Bertz CT molecular complexity index is 490. The minimum absolute atomic E-state index is 0.000145. The Balaban J connectivity index is 2.10. The van der Waals surface area contributed by atoms with Gasteiger partial charge in [0.15, 0.2) is 0 Å². The van der Waals surface area contributed by atoms with Crippen LogP contribution in [0.15, 0.2) is 12.4 Å². The number of hydrogen-bond donors (Lipinski definition) is 1. The molecule has 1 unspecified atom stereocenters. The summed E-state index contributed by atoms with van der Waals surface area (Å²) in [4.78, 5) is 17.3. The third-order valence-electron chi connectivity index (χ3n) is 4.24. The van der Waals surface area contributed by atoms with Crippen molar-refractivity contribution >= 4 is 5.97 Å². The minimum atomic E-state index is -2.62. The van der Waals surface area contributed by atoms with Crippen molar-refractivity contribution in [3.8, 4) is 0 Å². The fourth-order valence-corrected chi connectivity index (χ4v) is 2.79. The van der Waals surface area contributed by atoms with Gasteiger partial charge in [-0.1, -0.05) is 13.8 Å². The first-order chi connectivity index (χ1) is 9.36. The number of likely N-dealkylation sites (tertiary alicyclic amines) is 1. The van der Waals surface area contributed by atoms with Crippen molar-refractivity contribution in [1.29, 1.82) is 0 Å². The summed E-state index contributed by atoms with van der Waals surface area (Å²) in [5.74, 6) is -0.544. The zero-order chi connectivity index (χ0) is 14.9. The molecule has 1 N–H and O–H groups in total. The van der Waals surface area contributed by atoms with Crippen LogP contribution in [0.1, 0.15) is 32.6 Å². The molecule has 1 atom stereocenters. The summed E-state index contributed by atoms with van der Waals surface area (Å²) in [5, 5.41) is 9.45. The molecule has 1 aromatic heterocycles. The molecule has 1 saturated heterocycles. The molecule has 1 fully saturated rings. The number of nitrogens with zero attached hydrogens (tertiary/aromatic N) is 3. The fourth-order valence-electron chi connectivity index (χ4n) is 2.79. The predicted octanol–water partition coefficient (Wildman–Crippen LogP) is 2.21. The van der Waals surface area contributed by atoms with E-state index in [2.05, 4.69) is 4.98 Å². The van der Waals surface area contributed by atoms with Gasteiger partial charge in [0, 0.05) is 18.9 Å². The lowest BCUT2D eigenvalue weighted by Crippen LogP contribution is -2.39. The van der Waals surface area contributed by atoms with Crippen molar-refractivity contribution in [3.05, 3.63) is 18.2 Å². The van der Waals surface area contributed by atoms with E-state index in [1.807, 2.05) is 18.7 Å². The number of carboxylic acids is 1. The molecule has 0 bridgehead atoms. The zero-order valence-corrected chi connectivity index (χ0v) is 11.6. The van der Waals surface area contributed by atoms with Gasteiger partial charge in [0.25, 0.3) is 0 Å². The van der Waals surface area contributed by atoms with Crippen LogP contribution in [-0.2, 0) is 11.3 Å². The molecular formula is C13H19F2N3O2. The lowest BCUT2D eigenvalue weighted by atomic mass is 9.76. The average Bonchev–Trinajstić information content (AvgIpc) is 2.96. The maximum atomic E-state index is 12.8. The molecule has 5 nitrogen and oxygen atoms in total. The van der Waals surface area contributed by atoms with Crippen molar-refractivity contribution < 1.29 is 18.7 Å². The molecule has 1 aliphatic rings. The molecule has 7 heteroatoms. The molecule has 0 aliphatic carbocycles. The van der Waals surface area contributed by atoms with E-state index in [1.165, 1.54) is 12.4 Å². The van der Waals surface area contributed by atoms with E-state index < -0.39 is 17.9 Å². The lowest BCUT2D eigenvalue weighted by Gasteiger charge is -2.28. The molecule has 0 spiro atoms. The molecule has 1 aliphatic heterocycles. The van der Waals surface area contributed by atoms with Gasteiger partial charge in [0.1, 0.15) is 5.82 Å². The molecule has 0 amide bonds.